The maximum Gasteiger partial charge on any atom is 0.320 e. The number of carbonyl (C=O) groups is 1. The zero-order valence-corrected chi connectivity index (χ0v) is 13.3. The molecule has 4 N–H and O–H groups in total. The highest BCUT2D eigenvalue weighted by Gasteiger charge is 2.12. The smallest absolute Gasteiger partial charge is 0.320 e. The highest BCUT2D eigenvalue weighted by Crippen LogP contribution is 2.09. The SMILES string of the molecule is CC(C)CC(N)C(=O)O.CCc1ccc(S(=O)(=O)O)cc1. The van der Waals surface area contributed by atoms with Crippen molar-refractivity contribution in [2.45, 2.75) is 44.6 Å². The van der Waals surface area contributed by atoms with Gasteiger partial charge in [0.2, 0.25) is 0 Å². The summed E-state index contributed by atoms with van der Waals surface area (Å²) in [6, 6.07) is 5.47. The molecule has 0 saturated carbocycles. The summed E-state index contributed by atoms with van der Waals surface area (Å²) < 4.78 is 29.8. The second kappa shape index (κ2) is 8.76. The summed E-state index contributed by atoms with van der Waals surface area (Å²) in [5, 5.41) is 8.31. The number of carboxylic acid groups (broad SMARTS) is 1. The van der Waals surface area contributed by atoms with Gasteiger partial charge in [0.25, 0.3) is 10.1 Å². The third-order valence-electron chi connectivity index (χ3n) is 2.67. The van der Waals surface area contributed by atoms with Crippen LogP contribution in [0.1, 0.15) is 32.8 Å². The van der Waals surface area contributed by atoms with Crippen molar-refractivity contribution in [2.24, 2.45) is 11.7 Å². The summed E-state index contributed by atoms with van der Waals surface area (Å²) in [6.45, 7) is 5.87. The number of rotatable bonds is 5. The fourth-order valence-corrected chi connectivity index (χ4v) is 1.99. The molecule has 1 atom stereocenters. The monoisotopic (exact) mass is 317 g/mol. The number of aryl methyl sites for hydroxylation is 1. The lowest BCUT2D eigenvalue weighted by atomic mass is 10.1. The number of nitrogens with two attached hydrogens (primary N) is 1. The fourth-order valence-electron chi connectivity index (χ4n) is 1.51. The molecular weight excluding hydrogens is 294 g/mol. The zero-order valence-electron chi connectivity index (χ0n) is 12.5. The maximum absolute atomic E-state index is 10.6. The molecule has 1 aromatic rings. The first-order valence-corrected chi connectivity index (χ1v) is 8.06. The van der Waals surface area contributed by atoms with Gasteiger partial charge in [-0.25, -0.2) is 0 Å². The summed E-state index contributed by atoms with van der Waals surface area (Å²) in [6.07, 6.45) is 1.40. The molecule has 0 saturated heterocycles. The molecule has 0 aliphatic carbocycles. The van der Waals surface area contributed by atoms with E-state index >= 15 is 0 Å². The lowest BCUT2D eigenvalue weighted by molar-refractivity contribution is -0.138. The Balaban J connectivity index is 0.000000400. The van der Waals surface area contributed by atoms with E-state index in [-0.39, 0.29) is 4.90 Å². The number of carboxylic acids is 1. The predicted octanol–water partition coefficient (Wildman–Crippen LogP) is 1.94. The van der Waals surface area contributed by atoms with Gasteiger partial charge in [0.1, 0.15) is 6.04 Å². The van der Waals surface area contributed by atoms with E-state index in [0.29, 0.717) is 12.3 Å². The maximum atomic E-state index is 10.6. The van der Waals surface area contributed by atoms with Crippen molar-refractivity contribution in [3.8, 4) is 0 Å². The molecule has 0 aliphatic heterocycles. The molecule has 0 fully saturated rings. The summed E-state index contributed by atoms with van der Waals surface area (Å²) >= 11 is 0. The van der Waals surface area contributed by atoms with E-state index < -0.39 is 22.1 Å². The minimum atomic E-state index is -4.03. The van der Waals surface area contributed by atoms with E-state index in [2.05, 4.69) is 0 Å². The highest BCUT2D eigenvalue weighted by molar-refractivity contribution is 7.85. The first-order chi connectivity index (χ1) is 9.57. The molecular formula is C14H23NO5S. The standard InChI is InChI=1S/C8H10O3S.C6H13NO2/c1-2-7-3-5-8(6-4-7)12(9,10)11;1-4(2)3-5(7)6(8)9/h3-6H,2H2,1H3,(H,9,10,11);4-5H,3,7H2,1-2H3,(H,8,9). The van der Waals surface area contributed by atoms with Crippen molar-refractivity contribution in [3.63, 3.8) is 0 Å². The van der Waals surface area contributed by atoms with E-state index in [9.17, 15) is 13.2 Å². The Labute approximate surface area is 125 Å². The Kier molecular flexibility index (Phi) is 8.16. The van der Waals surface area contributed by atoms with Crippen molar-refractivity contribution < 1.29 is 22.9 Å². The molecule has 0 radical (unpaired) electrons. The first-order valence-electron chi connectivity index (χ1n) is 6.62. The van der Waals surface area contributed by atoms with Crippen LogP contribution in [-0.2, 0) is 21.3 Å². The topological polar surface area (TPSA) is 118 Å². The van der Waals surface area contributed by atoms with E-state index in [1.165, 1.54) is 12.1 Å². The fraction of sp³-hybridized carbons (Fsp3) is 0.500. The van der Waals surface area contributed by atoms with Crippen LogP contribution in [0.25, 0.3) is 0 Å². The van der Waals surface area contributed by atoms with Gasteiger partial charge in [0, 0.05) is 0 Å². The number of aliphatic carboxylic acids is 1. The van der Waals surface area contributed by atoms with Crippen molar-refractivity contribution in [2.75, 3.05) is 0 Å². The third kappa shape index (κ3) is 8.44. The quantitative estimate of drug-likeness (QED) is 0.714. The van der Waals surface area contributed by atoms with Gasteiger partial charge in [-0.3, -0.25) is 9.35 Å². The van der Waals surface area contributed by atoms with Crippen LogP contribution in [0, 0.1) is 5.92 Å². The lowest BCUT2D eigenvalue weighted by Gasteiger charge is -2.07. The summed E-state index contributed by atoms with van der Waals surface area (Å²) in [4.78, 5) is 10.1. The van der Waals surface area contributed by atoms with Crippen LogP contribution in [0.2, 0.25) is 0 Å². The van der Waals surface area contributed by atoms with Crippen LogP contribution in [-0.4, -0.2) is 30.1 Å². The third-order valence-corrected chi connectivity index (χ3v) is 3.54. The van der Waals surface area contributed by atoms with Gasteiger partial charge in [0.05, 0.1) is 4.90 Å². The van der Waals surface area contributed by atoms with E-state index in [0.717, 1.165) is 12.0 Å². The van der Waals surface area contributed by atoms with Crippen LogP contribution in [0.4, 0.5) is 0 Å². The molecule has 0 spiro atoms. The van der Waals surface area contributed by atoms with Crippen molar-refractivity contribution >= 4 is 16.1 Å². The van der Waals surface area contributed by atoms with E-state index in [1.54, 1.807) is 12.1 Å². The van der Waals surface area contributed by atoms with Gasteiger partial charge < -0.3 is 10.8 Å². The lowest BCUT2D eigenvalue weighted by Crippen LogP contribution is -2.31. The highest BCUT2D eigenvalue weighted by atomic mass is 32.2. The van der Waals surface area contributed by atoms with Gasteiger partial charge in [-0.05, 0) is 36.5 Å². The molecule has 0 aromatic heterocycles. The van der Waals surface area contributed by atoms with Crippen LogP contribution in [0.15, 0.2) is 29.2 Å². The van der Waals surface area contributed by atoms with Crippen molar-refractivity contribution in [3.05, 3.63) is 29.8 Å². The van der Waals surface area contributed by atoms with Crippen LogP contribution >= 0.6 is 0 Å². The van der Waals surface area contributed by atoms with Crippen LogP contribution < -0.4 is 5.73 Å². The Morgan fingerprint density at radius 2 is 1.71 bits per heavy atom. The molecule has 120 valence electrons. The molecule has 0 amide bonds. The van der Waals surface area contributed by atoms with Crippen molar-refractivity contribution in [1.82, 2.24) is 0 Å². The largest absolute Gasteiger partial charge is 0.480 e. The van der Waals surface area contributed by atoms with E-state index in [1.807, 2.05) is 20.8 Å². The van der Waals surface area contributed by atoms with Gasteiger partial charge in [-0.1, -0.05) is 32.9 Å². The molecule has 1 aromatic carbocycles. The molecule has 7 heteroatoms. The first kappa shape index (κ1) is 19.6. The normalized spacial score (nSPS) is 12.5. The van der Waals surface area contributed by atoms with Gasteiger partial charge in [-0.2, -0.15) is 8.42 Å². The Morgan fingerprint density at radius 1 is 1.24 bits per heavy atom. The molecule has 0 heterocycles. The second-order valence-corrected chi connectivity index (χ2v) is 6.47. The molecule has 0 bridgehead atoms. The number of benzene rings is 1. The predicted molar refractivity (Wildman–Crippen MR) is 80.7 cm³/mol. The Bertz CT molecular complexity index is 537. The van der Waals surface area contributed by atoms with Gasteiger partial charge in [0.15, 0.2) is 0 Å². The number of hydrogen-bond acceptors (Lipinski definition) is 4. The summed E-state index contributed by atoms with van der Waals surface area (Å²) in [7, 11) is -4.03. The molecule has 0 aliphatic rings. The Morgan fingerprint density at radius 3 is 1.95 bits per heavy atom. The minimum absolute atomic E-state index is 0.0558. The molecule has 1 unspecified atom stereocenters. The second-order valence-electron chi connectivity index (χ2n) is 5.05. The van der Waals surface area contributed by atoms with Crippen LogP contribution in [0.3, 0.4) is 0 Å². The summed E-state index contributed by atoms with van der Waals surface area (Å²) in [5.41, 5.74) is 6.26. The van der Waals surface area contributed by atoms with Gasteiger partial charge >= 0.3 is 5.97 Å². The summed E-state index contributed by atoms with van der Waals surface area (Å²) in [5.74, 6) is -0.556. The average molecular weight is 317 g/mol. The van der Waals surface area contributed by atoms with Crippen molar-refractivity contribution in [1.29, 1.82) is 0 Å². The minimum Gasteiger partial charge on any atom is -0.480 e. The van der Waals surface area contributed by atoms with E-state index in [4.69, 9.17) is 15.4 Å². The average Bonchev–Trinajstić information content (AvgIpc) is 2.37. The van der Waals surface area contributed by atoms with Gasteiger partial charge in [-0.15, -0.1) is 0 Å². The van der Waals surface area contributed by atoms with Crippen LogP contribution in [0.5, 0.6) is 0 Å². The molecule has 21 heavy (non-hydrogen) atoms. The molecule has 6 nitrogen and oxygen atoms in total. The Hall–Kier alpha value is -1.44. The number of hydrogen-bond donors (Lipinski definition) is 3. The molecule has 1 rings (SSSR count). The zero-order chi connectivity index (χ0) is 16.6.